The Kier molecular flexibility index (Phi) is 15.4. The zero-order chi connectivity index (χ0) is 27.6. The minimum Gasteiger partial charge on any atom is -0.480 e. The van der Waals surface area contributed by atoms with E-state index in [4.69, 9.17) is 0 Å². The van der Waals surface area contributed by atoms with Crippen LogP contribution in [0.15, 0.2) is 24.3 Å². The molecule has 1 fully saturated rings. The second-order valence-electron chi connectivity index (χ2n) is 10.4. The van der Waals surface area contributed by atoms with Crippen molar-refractivity contribution >= 4 is 29.3 Å². The molecule has 0 aromatic heterocycles. The first kappa shape index (κ1) is 32.1. The zero-order valence-corrected chi connectivity index (χ0v) is 23.9. The third kappa shape index (κ3) is 10.9. The summed E-state index contributed by atoms with van der Waals surface area (Å²) in [5, 5.41) is 26.3. The molecule has 2 atom stereocenters. The number of unbranched alkanes of at least 4 members (excludes halogenated alkanes) is 15. The van der Waals surface area contributed by atoms with Crippen LogP contribution in [0.2, 0.25) is 0 Å². The van der Waals surface area contributed by atoms with Crippen LogP contribution < -0.4 is 10.6 Å². The third-order valence-electron chi connectivity index (χ3n) is 7.26. The lowest BCUT2D eigenvalue weighted by atomic mass is 10.0. The summed E-state index contributed by atoms with van der Waals surface area (Å²) in [4.78, 5) is 33.9. The number of amides is 1. The van der Waals surface area contributed by atoms with Crippen molar-refractivity contribution in [3.05, 3.63) is 39.9 Å². The van der Waals surface area contributed by atoms with Crippen molar-refractivity contribution in [1.29, 1.82) is 0 Å². The molecule has 3 N–H and O–H groups in total. The van der Waals surface area contributed by atoms with Crippen molar-refractivity contribution in [3.63, 3.8) is 0 Å². The van der Waals surface area contributed by atoms with E-state index in [0.717, 1.165) is 19.3 Å². The summed E-state index contributed by atoms with van der Waals surface area (Å²) in [6.45, 7) is 2.78. The molecule has 1 aliphatic heterocycles. The van der Waals surface area contributed by atoms with E-state index in [1.807, 2.05) is 0 Å². The van der Waals surface area contributed by atoms with Gasteiger partial charge in [-0.3, -0.25) is 25.0 Å². The SMILES string of the molecule is CCCCCCCCCCCCCCCCCCNC(=O)C1(c2ccc([N+](=O)[O-])cc2)NC(C(=O)O)CS1. The highest BCUT2D eigenvalue weighted by molar-refractivity contribution is 8.01. The van der Waals surface area contributed by atoms with E-state index in [-0.39, 0.29) is 17.3 Å². The number of aliphatic carboxylic acids is 1. The van der Waals surface area contributed by atoms with Gasteiger partial charge in [-0.25, -0.2) is 0 Å². The van der Waals surface area contributed by atoms with Crippen LogP contribution in [0, 0.1) is 10.1 Å². The predicted molar refractivity (Wildman–Crippen MR) is 154 cm³/mol. The van der Waals surface area contributed by atoms with Crippen LogP contribution in [0.25, 0.3) is 0 Å². The summed E-state index contributed by atoms with van der Waals surface area (Å²) in [6, 6.07) is 4.87. The van der Waals surface area contributed by atoms with Gasteiger partial charge in [-0.2, -0.15) is 0 Å². The summed E-state index contributed by atoms with van der Waals surface area (Å²) in [5.41, 5.74) is 0.441. The van der Waals surface area contributed by atoms with Gasteiger partial charge in [0, 0.05) is 24.4 Å². The fourth-order valence-corrected chi connectivity index (χ4v) is 6.29. The number of carboxylic acids is 1. The van der Waals surface area contributed by atoms with Gasteiger partial charge in [0.25, 0.3) is 11.6 Å². The molecule has 0 aliphatic carbocycles. The maximum Gasteiger partial charge on any atom is 0.321 e. The summed E-state index contributed by atoms with van der Waals surface area (Å²) < 4.78 is 0. The molecule has 214 valence electrons. The Balaban J connectivity index is 1.60. The molecule has 1 aromatic carbocycles. The fraction of sp³-hybridized carbons (Fsp3) is 0.724. The van der Waals surface area contributed by atoms with Crippen molar-refractivity contribution in [2.75, 3.05) is 12.3 Å². The van der Waals surface area contributed by atoms with Crippen LogP contribution in [0.5, 0.6) is 0 Å². The molecule has 0 bridgehead atoms. The topological polar surface area (TPSA) is 122 Å². The number of nitrogens with zero attached hydrogens (tertiary/aromatic N) is 1. The molecular formula is C29H47N3O5S. The highest BCUT2D eigenvalue weighted by Crippen LogP contribution is 2.40. The van der Waals surface area contributed by atoms with Crippen LogP contribution in [-0.2, 0) is 14.5 Å². The van der Waals surface area contributed by atoms with Crippen molar-refractivity contribution in [1.82, 2.24) is 10.6 Å². The molecule has 2 rings (SSSR count). The Morgan fingerprint density at radius 1 is 0.921 bits per heavy atom. The predicted octanol–water partition coefficient (Wildman–Crippen LogP) is 6.91. The average Bonchev–Trinajstić information content (AvgIpc) is 3.38. The minimum absolute atomic E-state index is 0.0738. The van der Waals surface area contributed by atoms with E-state index in [1.54, 1.807) is 0 Å². The number of benzene rings is 1. The van der Waals surface area contributed by atoms with Gasteiger partial charge in [-0.1, -0.05) is 103 Å². The molecule has 0 saturated carbocycles. The van der Waals surface area contributed by atoms with Crippen LogP contribution >= 0.6 is 11.8 Å². The van der Waals surface area contributed by atoms with Crippen LogP contribution in [-0.4, -0.2) is 40.2 Å². The number of hydrogen-bond donors (Lipinski definition) is 3. The summed E-state index contributed by atoms with van der Waals surface area (Å²) >= 11 is 1.22. The fourth-order valence-electron chi connectivity index (χ4n) is 4.92. The smallest absolute Gasteiger partial charge is 0.321 e. The average molecular weight is 550 g/mol. The molecule has 0 spiro atoms. The number of carbonyl (C=O) groups is 2. The van der Waals surface area contributed by atoms with E-state index in [9.17, 15) is 24.8 Å². The first-order valence-corrected chi connectivity index (χ1v) is 15.6. The number of nitro benzene ring substituents is 1. The molecule has 1 heterocycles. The number of nitro groups is 1. The molecule has 0 radical (unpaired) electrons. The van der Waals surface area contributed by atoms with Crippen molar-refractivity contribution < 1.29 is 19.6 Å². The largest absolute Gasteiger partial charge is 0.480 e. The number of non-ortho nitro benzene ring substituents is 1. The second kappa shape index (κ2) is 18.2. The summed E-state index contributed by atoms with van der Waals surface area (Å²) in [7, 11) is 0. The highest BCUT2D eigenvalue weighted by atomic mass is 32.2. The van der Waals surface area contributed by atoms with Crippen LogP contribution in [0.3, 0.4) is 0 Å². The third-order valence-corrected chi connectivity index (χ3v) is 8.73. The lowest BCUT2D eigenvalue weighted by molar-refractivity contribution is -0.384. The standard InChI is InChI=1S/C29H47N3O5S/c1-2-3-4-5-6-7-8-9-10-11-12-13-14-15-16-17-22-30-28(35)29(31-26(23-38-29)27(33)34)24-18-20-25(21-19-24)32(36)37/h18-21,26,31H,2-17,22-23H2,1H3,(H,30,35)(H,33,34). The maximum atomic E-state index is 13.2. The van der Waals surface area contributed by atoms with E-state index in [2.05, 4.69) is 17.6 Å². The number of carboxylic acid groups (broad SMARTS) is 1. The Hall–Kier alpha value is -2.13. The van der Waals surface area contributed by atoms with E-state index in [1.165, 1.54) is 119 Å². The normalized spacial score (nSPS) is 18.9. The maximum absolute atomic E-state index is 13.2. The lowest BCUT2D eigenvalue weighted by Gasteiger charge is -2.28. The minimum atomic E-state index is -1.27. The van der Waals surface area contributed by atoms with Gasteiger partial charge in [0.1, 0.15) is 6.04 Å². The quantitative estimate of drug-likeness (QED) is 0.0864. The number of hydrogen-bond acceptors (Lipinski definition) is 6. The first-order chi connectivity index (χ1) is 18.4. The Morgan fingerprint density at radius 2 is 1.39 bits per heavy atom. The molecule has 9 heteroatoms. The molecule has 2 unspecified atom stereocenters. The van der Waals surface area contributed by atoms with Crippen LogP contribution in [0.1, 0.15) is 115 Å². The van der Waals surface area contributed by atoms with Crippen LogP contribution in [0.4, 0.5) is 5.69 Å². The molecular weight excluding hydrogens is 502 g/mol. The van der Waals surface area contributed by atoms with Gasteiger partial charge >= 0.3 is 5.97 Å². The second-order valence-corrected chi connectivity index (χ2v) is 11.6. The number of rotatable bonds is 21. The summed E-state index contributed by atoms with van der Waals surface area (Å²) in [6.07, 6.45) is 20.6. The van der Waals surface area contributed by atoms with E-state index in [0.29, 0.717) is 12.1 Å². The zero-order valence-electron chi connectivity index (χ0n) is 23.1. The molecule has 8 nitrogen and oxygen atoms in total. The van der Waals surface area contributed by atoms with Gasteiger partial charge < -0.3 is 10.4 Å². The van der Waals surface area contributed by atoms with Gasteiger partial charge in [0.05, 0.1) is 4.92 Å². The number of nitrogens with one attached hydrogen (secondary N) is 2. The van der Waals surface area contributed by atoms with Gasteiger partial charge in [-0.15, -0.1) is 11.8 Å². The summed E-state index contributed by atoms with van der Waals surface area (Å²) in [5.74, 6) is -1.09. The molecule has 1 aromatic rings. The van der Waals surface area contributed by atoms with Gasteiger partial charge in [-0.05, 0) is 24.1 Å². The highest BCUT2D eigenvalue weighted by Gasteiger charge is 2.49. The monoisotopic (exact) mass is 549 g/mol. The van der Waals surface area contributed by atoms with Crippen molar-refractivity contribution in [3.8, 4) is 0 Å². The van der Waals surface area contributed by atoms with E-state index < -0.39 is 21.8 Å². The Morgan fingerprint density at radius 3 is 1.82 bits per heavy atom. The van der Waals surface area contributed by atoms with Gasteiger partial charge in [0.15, 0.2) is 4.87 Å². The molecule has 38 heavy (non-hydrogen) atoms. The van der Waals surface area contributed by atoms with E-state index >= 15 is 0 Å². The first-order valence-electron chi connectivity index (χ1n) is 14.6. The Labute approximate surface area is 232 Å². The molecule has 1 amide bonds. The molecule has 1 aliphatic rings. The number of carbonyl (C=O) groups excluding carboxylic acids is 1. The number of thioether (sulfide) groups is 1. The lowest BCUT2D eigenvalue weighted by Crippen LogP contribution is -2.52. The van der Waals surface area contributed by atoms with Gasteiger partial charge in [0.2, 0.25) is 0 Å². The van der Waals surface area contributed by atoms with Crippen molar-refractivity contribution in [2.24, 2.45) is 0 Å². The Bertz CT molecular complexity index is 851. The van der Waals surface area contributed by atoms with Crippen molar-refractivity contribution in [2.45, 2.75) is 121 Å². The molecule has 1 saturated heterocycles.